The molecule has 0 aliphatic carbocycles. The van der Waals surface area contributed by atoms with Crippen LogP contribution in [0.15, 0.2) is 133 Å². The van der Waals surface area contributed by atoms with E-state index in [2.05, 4.69) is 39.0 Å². The molecule has 5 rings (SSSR count). The van der Waals surface area contributed by atoms with E-state index in [1.54, 1.807) is 0 Å². The zero-order chi connectivity index (χ0) is 35.0. The number of quaternary nitrogens is 1. The molecule has 0 amide bonds. The van der Waals surface area contributed by atoms with Crippen molar-refractivity contribution in [3.8, 4) is 28.4 Å². The number of benzene rings is 5. The van der Waals surface area contributed by atoms with Gasteiger partial charge in [-0.25, -0.2) is 0 Å². The highest BCUT2D eigenvalue weighted by atomic mass is 16.7. The van der Waals surface area contributed by atoms with Crippen LogP contribution in [0, 0.1) is 0 Å². The van der Waals surface area contributed by atoms with Gasteiger partial charge in [0.25, 0.3) is 0 Å². The van der Waals surface area contributed by atoms with Gasteiger partial charge in [0.05, 0.1) is 19.6 Å². The summed E-state index contributed by atoms with van der Waals surface area (Å²) < 4.78 is 20.2. The van der Waals surface area contributed by atoms with E-state index in [-0.39, 0.29) is 5.78 Å². The number of para-hydroxylation sites is 3. The van der Waals surface area contributed by atoms with Gasteiger partial charge in [0, 0.05) is 22.3 Å². The van der Waals surface area contributed by atoms with Crippen molar-refractivity contribution in [2.75, 3.05) is 19.6 Å². The molecular weight excluding hydrogens is 617 g/mol. The van der Waals surface area contributed by atoms with Crippen LogP contribution in [0.3, 0.4) is 0 Å². The molecule has 0 saturated carbocycles. The summed E-state index contributed by atoms with van der Waals surface area (Å²) in [6, 6.07) is 42.9. The first-order valence-electron chi connectivity index (χ1n) is 18.3. The predicted octanol–water partition coefficient (Wildman–Crippen LogP) is 10.8. The molecule has 0 heterocycles. The second kappa shape index (κ2) is 18.8. The summed E-state index contributed by atoms with van der Waals surface area (Å²) in [5.41, 5.74) is 4.41. The van der Waals surface area contributed by atoms with Crippen LogP contribution in [0.25, 0.3) is 11.1 Å². The van der Waals surface area contributed by atoms with Gasteiger partial charge < -0.3 is 18.4 Å². The molecular formula is C44H51BNO4+. The average Bonchev–Trinajstić information content (AvgIpc) is 3.16. The number of unbranched alkanes of at least 4 members (excludes halogenated alkanes) is 3. The Morgan fingerprint density at radius 3 is 1.58 bits per heavy atom. The second-order valence-electron chi connectivity index (χ2n) is 13.1. The molecule has 0 aliphatic rings. The molecule has 258 valence electrons. The fraction of sp³-hybridized carbons (Fsp3) is 0.295. The minimum absolute atomic E-state index is 0.00167. The summed E-state index contributed by atoms with van der Waals surface area (Å²) in [6.07, 6.45) is 7.04. The van der Waals surface area contributed by atoms with Crippen molar-refractivity contribution in [3.63, 3.8) is 0 Å². The molecule has 5 aromatic rings. The molecule has 0 unspecified atom stereocenters. The third kappa shape index (κ3) is 10.1. The zero-order valence-electron chi connectivity index (χ0n) is 29.9. The van der Waals surface area contributed by atoms with Crippen LogP contribution < -0.4 is 14.0 Å². The molecule has 0 fully saturated rings. The van der Waals surface area contributed by atoms with Crippen molar-refractivity contribution in [2.45, 2.75) is 65.8 Å². The molecule has 0 atom stereocenters. The summed E-state index contributed by atoms with van der Waals surface area (Å²) in [4.78, 5) is 13.8. The minimum Gasteiger partial charge on any atom is -0.490 e. The predicted molar refractivity (Wildman–Crippen MR) is 206 cm³/mol. The summed E-state index contributed by atoms with van der Waals surface area (Å²) in [7, 11) is -1.06. The Bertz CT molecular complexity index is 1680. The standard InChI is InChI=1S/C44H51BNO4/c1-4-7-31-46(32-8-5-2,33-9-6-3)35-38-30-29-37(44(47)36-21-13-10-14-22-36)34-42(38)41-27-19-20-28-43(41)50-45(48-39-23-15-11-16-24-39)49-40-25-17-12-18-26-40/h10-30,34H,4-9,31-33,35H2,1-3H3/q+1. The molecule has 6 heteroatoms. The highest BCUT2D eigenvalue weighted by Gasteiger charge is 2.33. The summed E-state index contributed by atoms with van der Waals surface area (Å²) in [5, 5.41) is 0. The van der Waals surface area contributed by atoms with Gasteiger partial charge in [-0.3, -0.25) is 4.79 Å². The van der Waals surface area contributed by atoms with Crippen molar-refractivity contribution in [1.82, 2.24) is 0 Å². The molecule has 0 spiro atoms. The van der Waals surface area contributed by atoms with Crippen LogP contribution in [0.1, 0.15) is 80.8 Å². The van der Waals surface area contributed by atoms with E-state index in [9.17, 15) is 4.79 Å². The smallest absolute Gasteiger partial charge is 0.490 e. The van der Waals surface area contributed by atoms with E-state index in [4.69, 9.17) is 14.0 Å². The lowest BCUT2D eigenvalue weighted by Crippen LogP contribution is -2.49. The van der Waals surface area contributed by atoms with Crippen LogP contribution in [0.5, 0.6) is 17.2 Å². The number of nitrogens with zero attached hydrogens (tertiary/aromatic N) is 1. The maximum absolute atomic E-state index is 13.8. The first-order valence-corrected chi connectivity index (χ1v) is 18.3. The van der Waals surface area contributed by atoms with Gasteiger partial charge in [0.1, 0.15) is 23.8 Å². The fourth-order valence-corrected chi connectivity index (χ4v) is 6.47. The number of carbonyl (C=O) groups excluding carboxylic acids is 1. The van der Waals surface area contributed by atoms with E-state index >= 15 is 0 Å². The maximum Gasteiger partial charge on any atom is 0.864 e. The third-order valence-corrected chi connectivity index (χ3v) is 9.22. The van der Waals surface area contributed by atoms with E-state index in [0.29, 0.717) is 28.4 Å². The summed E-state index contributed by atoms with van der Waals surface area (Å²) >= 11 is 0. The van der Waals surface area contributed by atoms with Gasteiger partial charge in [-0.05, 0) is 61.2 Å². The third-order valence-electron chi connectivity index (χ3n) is 9.22. The van der Waals surface area contributed by atoms with E-state index in [0.717, 1.165) is 61.1 Å². The average molecular weight is 669 g/mol. The quantitative estimate of drug-likeness (QED) is 0.0470. The number of ketones is 1. The van der Waals surface area contributed by atoms with E-state index in [1.165, 1.54) is 24.8 Å². The van der Waals surface area contributed by atoms with Crippen LogP contribution in [0.4, 0.5) is 0 Å². The molecule has 0 bridgehead atoms. The topological polar surface area (TPSA) is 44.8 Å². The van der Waals surface area contributed by atoms with Crippen molar-refractivity contribution in [1.29, 1.82) is 0 Å². The lowest BCUT2D eigenvalue weighted by Gasteiger charge is -2.40. The Labute approximate surface area is 299 Å². The van der Waals surface area contributed by atoms with Crippen molar-refractivity contribution in [3.05, 3.63) is 150 Å². The van der Waals surface area contributed by atoms with Gasteiger partial charge in [-0.1, -0.05) is 137 Å². The van der Waals surface area contributed by atoms with E-state index < -0.39 is 7.32 Å². The number of rotatable bonds is 20. The molecule has 5 aromatic carbocycles. The van der Waals surface area contributed by atoms with Gasteiger partial charge in [-0.2, -0.15) is 0 Å². The van der Waals surface area contributed by atoms with Crippen LogP contribution in [-0.2, 0) is 6.54 Å². The molecule has 0 aromatic heterocycles. The van der Waals surface area contributed by atoms with Crippen molar-refractivity contribution in [2.24, 2.45) is 0 Å². The first kappa shape index (κ1) is 36.5. The van der Waals surface area contributed by atoms with Gasteiger partial charge in [-0.15, -0.1) is 0 Å². The Balaban J connectivity index is 1.60. The number of carbonyl (C=O) groups is 1. The van der Waals surface area contributed by atoms with Crippen LogP contribution in [-0.4, -0.2) is 37.2 Å². The van der Waals surface area contributed by atoms with Crippen LogP contribution >= 0.6 is 0 Å². The lowest BCUT2D eigenvalue weighted by molar-refractivity contribution is -0.941. The SMILES string of the molecule is CCCC[N+](CCCC)(CCCC)Cc1ccc(C(=O)c2ccccc2)cc1-c1ccccc1OB(Oc1ccccc1)Oc1ccccc1. The number of hydrogen-bond acceptors (Lipinski definition) is 4. The summed E-state index contributed by atoms with van der Waals surface area (Å²) in [5.74, 6) is 1.88. The van der Waals surface area contributed by atoms with Gasteiger partial charge in [0.2, 0.25) is 0 Å². The number of hydrogen-bond donors (Lipinski definition) is 0. The largest absolute Gasteiger partial charge is 0.864 e. The van der Waals surface area contributed by atoms with Crippen molar-refractivity contribution >= 4 is 13.1 Å². The zero-order valence-corrected chi connectivity index (χ0v) is 29.9. The Kier molecular flexibility index (Phi) is 13.7. The Hall–Kier alpha value is -4.81. The normalized spacial score (nSPS) is 11.2. The molecule has 0 N–H and O–H groups in total. The van der Waals surface area contributed by atoms with Crippen molar-refractivity contribution < 1.29 is 23.2 Å². The highest BCUT2D eigenvalue weighted by Crippen LogP contribution is 2.36. The minimum atomic E-state index is -1.06. The molecule has 0 radical (unpaired) electrons. The molecule has 0 aliphatic heterocycles. The Morgan fingerprint density at radius 2 is 1.04 bits per heavy atom. The monoisotopic (exact) mass is 668 g/mol. The fourth-order valence-electron chi connectivity index (χ4n) is 6.47. The Morgan fingerprint density at radius 1 is 0.540 bits per heavy atom. The highest BCUT2D eigenvalue weighted by molar-refractivity contribution is 6.39. The molecule has 50 heavy (non-hydrogen) atoms. The second-order valence-corrected chi connectivity index (χ2v) is 13.1. The molecule has 5 nitrogen and oxygen atoms in total. The summed E-state index contributed by atoms with van der Waals surface area (Å²) in [6.45, 7) is 11.1. The first-order chi connectivity index (χ1) is 24.5. The van der Waals surface area contributed by atoms with Gasteiger partial charge >= 0.3 is 7.32 Å². The van der Waals surface area contributed by atoms with E-state index in [1.807, 2.05) is 115 Å². The lowest BCUT2D eigenvalue weighted by atomic mass is 9.92. The molecule has 0 saturated heterocycles. The maximum atomic E-state index is 13.8. The van der Waals surface area contributed by atoms with Crippen LogP contribution in [0.2, 0.25) is 0 Å². The van der Waals surface area contributed by atoms with Gasteiger partial charge in [0.15, 0.2) is 5.78 Å².